The number of para-hydroxylation sites is 1. The van der Waals surface area contributed by atoms with E-state index < -0.39 is 0 Å². The van der Waals surface area contributed by atoms with Crippen molar-refractivity contribution in [2.24, 2.45) is 5.10 Å². The lowest BCUT2D eigenvalue weighted by Crippen LogP contribution is -2.19. The van der Waals surface area contributed by atoms with Crippen LogP contribution in [0.4, 0.5) is 17.1 Å². The van der Waals surface area contributed by atoms with Crippen molar-refractivity contribution in [3.05, 3.63) is 64.2 Å². The molecule has 0 bridgehead atoms. The third-order valence-corrected chi connectivity index (χ3v) is 3.84. The molecule has 2 aromatic carbocycles. The van der Waals surface area contributed by atoms with E-state index in [1.165, 1.54) is 0 Å². The van der Waals surface area contributed by atoms with Crippen LogP contribution >= 0.6 is 0 Å². The summed E-state index contributed by atoms with van der Waals surface area (Å²) in [7, 11) is 0. The van der Waals surface area contributed by atoms with Crippen LogP contribution in [0.3, 0.4) is 0 Å². The van der Waals surface area contributed by atoms with Gasteiger partial charge in [0.1, 0.15) is 0 Å². The van der Waals surface area contributed by atoms with Gasteiger partial charge in [-0.25, -0.2) is 0 Å². The second kappa shape index (κ2) is 6.91. The number of nitrogens with zero attached hydrogens (tertiary/aromatic N) is 3. The third kappa shape index (κ3) is 3.66. The Bertz CT molecular complexity index is 710. The molecule has 6 heteroatoms. The Balaban J connectivity index is 1.85. The predicted molar refractivity (Wildman–Crippen MR) is 92.2 cm³/mol. The van der Waals surface area contributed by atoms with Crippen LogP contribution in [0.1, 0.15) is 18.4 Å². The Labute approximate surface area is 134 Å². The lowest BCUT2D eigenvalue weighted by molar-refractivity contribution is -0.384. The van der Waals surface area contributed by atoms with E-state index >= 15 is 0 Å². The summed E-state index contributed by atoms with van der Waals surface area (Å²) in [4.78, 5) is 12.9. The molecule has 1 N–H and O–H groups in total. The van der Waals surface area contributed by atoms with Crippen molar-refractivity contribution in [1.82, 2.24) is 0 Å². The first-order valence-electron chi connectivity index (χ1n) is 7.61. The van der Waals surface area contributed by atoms with Crippen molar-refractivity contribution >= 4 is 23.3 Å². The van der Waals surface area contributed by atoms with Gasteiger partial charge >= 0.3 is 0 Å². The summed E-state index contributed by atoms with van der Waals surface area (Å²) in [6.45, 7) is 1.95. The Kier molecular flexibility index (Phi) is 4.52. The summed E-state index contributed by atoms with van der Waals surface area (Å²) in [6, 6.07) is 14.5. The highest BCUT2D eigenvalue weighted by atomic mass is 16.6. The average Bonchev–Trinajstić information content (AvgIpc) is 3.10. The monoisotopic (exact) mass is 310 g/mol. The average molecular weight is 310 g/mol. The number of non-ortho nitro benzene ring substituents is 1. The number of nitro groups is 1. The van der Waals surface area contributed by atoms with E-state index in [-0.39, 0.29) is 10.6 Å². The fourth-order valence-corrected chi connectivity index (χ4v) is 2.69. The van der Waals surface area contributed by atoms with Crippen molar-refractivity contribution in [3.63, 3.8) is 0 Å². The van der Waals surface area contributed by atoms with Gasteiger partial charge in [-0.15, -0.1) is 0 Å². The zero-order chi connectivity index (χ0) is 16.1. The number of benzene rings is 2. The van der Waals surface area contributed by atoms with Crippen molar-refractivity contribution in [1.29, 1.82) is 0 Å². The first kappa shape index (κ1) is 15.0. The van der Waals surface area contributed by atoms with Crippen molar-refractivity contribution in [2.45, 2.75) is 12.8 Å². The highest BCUT2D eigenvalue weighted by Gasteiger charge is 2.17. The second-order valence-electron chi connectivity index (χ2n) is 5.43. The maximum atomic E-state index is 11.0. The summed E-state index contributed by atoms with van der Waals surface area (Å²) in [6.07, 6.45) is 3.94. The molecule has 118 valence electrons. The molecule has 1 fully saturated rings. The Morgan fingerprint density at radius 3 is 2.57 bits per heavy atom. The van der Waals surface area contributed by atoms with Crippen LogP contribution in [0.25, 0.3) is 0 Å². The molecule has 3 rings (SSSR count). The van der Waals surface area contributed by atoms with Crippen molar-refractivity contribution in [3.8, 4) is 0 Å². The minimum absolute atomic E-state index is 0.0779. The predicted octanol–water partition coefficient (Wildman–Crippen LogP) is 3.64. The number of nitro benzene ring substituents is 1. The van der Waals surface area contributed by atoms with Gasteiger partial charge in [-0.05, 0) is 31.0 Å². The third-order valence-electron chi connectivity index (χ3n) is 3.84. The molecule has 6 nitrogen and oxygen atoms in total. The number of rotatable bonds is 5. The van der Waals surface area contributed by atoms with Crippen LogP contribution in [0.2, 0.25) is 0 Å². The Morgan fingerprint density at radius 2 is 1.87 bits per heavy atom. The molecule has 0 atom stereocenters. The molecule has 1 heterocycles. The standard InChI is InChI=1S/C17H18N4O2/c22-21(23)16-8-9-17(20-10-4-5-11-20)14(12-16)13-18-19-15-6-2-1-3-7-15/h1-3,6-9,12-13,19H,4-5,10-11H2. The van der Waals surface area contributed by atoms with Gasteiger partial charge in [-0.1, -0.05) is 18.2 Å². The smallest absolute Gasteiger partial charge is 0.270 e. The normalized spacial score (nSPS) is 14.3. The molecular weight excluding hydrogens is 292 g/mol. The molecule has 23 heavy (non-hydrogen) atoms. The lowest BCUT2D eigenvalue weighted by Gasteiger charge is -2.19. The Morgan fingerprint density at radius 1 is 1.13 bits per heavy atom. The SMILES string of the molecule is O=[N+]([O-])c1ccc(N2CCCC2)c(C=NNc2ccccc2)c1. The molecule has 0 saturated carbocycles. The summed E-state index contributed by atoms with van der Waals surface area (Å²) in [5.74, 6) is 0. The fourth-order valence-electron chi connectivity index (χ4n) is 2.69. The molecule has 1 aliphatic heterocycles. The van der Waals surface area contributed by atoms with Gasteiger partial charge in [0.25, 0.3) is 5.69 Å². The van der Waals surface area contributed by atoms with E-state index in [0.29, 0.717) is 0 Å². The zero-order valence-electron chi connectivity index (χ0n) is 12.7. The molecule has 0 aromatic heterocycles. The number of hydrogen-bond acceptors (Lipinski definition) is 5. The van der Waals surface area contributed by atoms with E-state index in [1.807, 2.05) is 36.4 Å². The molecule has 1 aliphatic rings. The zero-order valence-corrected chi connectivity index (χ0v) is 12.7. The lowest BCUT2D eigenvalue weighted by atomic mass is 10.1. The highest BCUT2D eigenvalue weighted by molar-refractivity contribution is 5.89. The van der Waals surface area contributed by atoms with Crippen LogP contribution in [-0.2, 0) is 0 Å². The van der Waals surface area contributed by atoms with E-state index in [0.717, 1.165) is 42.9 Å². The summed E-state index contributed by atoms with van der Waals surface area (Å²) in [5, 5.41) is 15.2. The highest BCUT2D eigenvalue weighted by Crippen LogP contribution is 2.27. The van der Waals surface area contributed by atoms with Crippen molar-refractivity contribution in [2.75, 3.05) is 23.4 Å². The maximum absolute atomic E-state index is 11.0. The molecule has 1 saturated heterocycles. The van der Waals surface area contributed by atoms with Gasteiger partial charge in [0.05, 0.1) is 16.8 Å². The van der Waals surface area contributed by atoms with E-state index in [2.05, 4.69) is 15.4 Å². The van der Waals surface area contributed by atoms with Crippen LogP contribution < -0.4 is 10.3 Å². The first-order valence-corrected chi connectivity index (χ1v) is 7.61. The molecule has 0 radical (unpaired) electrons. The van der Waals surface area contributed by atoms with E-state index in [9.17, 15) is 10.1 Å². The van der Waals surface area contributed by atoms with Gasteiger partial charge in [0, 0.05) is 36.5 Å². The molecule has 2 aromatic rings. The van der Waals surface area contributed by atoms with Crippen LogP contribution in [-0.4, -0.2) is 24.2 Å². The number of nitrogens with one attached hydrogen (secondary N) is 1. The molecule has 0 unspecified atom stereocenters. The fraction of sp³-hybridized carbons (Fsp3) is 0.235. The Hall–Kier alpha value is -2.89. The van der Waals surface area contributed by atoms with Crippen LogP contribution in [0, 0.1) is 10.1 Å². The summed E-state index contributed by atoms with van der Waals surface area (Å²) in [5.41, 5.74) is 5.64. The summed E-state index contributed by atoms with van der Waals surface area (Å²) < 4.78 is 0. The number of anilines is 2. The topological polar surface area (TPSA) is 70.8 Å². The maximum Gasteiger partial charge on any atom is 0.270 e. The van der Waals surface area contributed by atoms with Gasteiger partial charge in [-0.3, -0.25) is 15.5 Å². The molecular formula is C17H18N4O2. The van der Waals surface area contributed by atoms with Gasteiger partial charge < -0.3 is 4.90 Å². The summed E-state index contributed by atoms with van der Waals surface area (Å²) >= 11 is 0. The second-order valence-corrected chi connectivity index (χ2v) is 5.43. The molecule has 0 aliphatic carbocycles. The van der Waals surface area contributed by atoms with Gasteiger partial charge in [0.15, 0.2) is 0 Å². The van der Waals surface area contributed by atoms with E-state index in [4.69, 9.17) is 0 Å². The van der Waals surface area contributed by atoms with Crippen LogP contribution in [0.15, 0.2) is 53.6 Å². The number of hydrogen-bond donors (Lipinski definition) is 1. The first-order chi connectivity index (χ1) is 11.2. The van der Waals surface area contributed by atoms with Crippen LogP contribution in [0.5, 0.6) is 0 Å². The molecule has 0 amide bonds. The minimum atomic E-state index is -0.379. The molecule has 0 spiro atoms. The number of hydrazone groups is 1. The van der Waals surface area contributed by atoms with Gasteiger partial charge in [-0.2, -0.15) is 5.10 Å². The van der Waals surface area contributed by atoms with E-state index in [1.54, 1.807) is 18.3 Å². The minimum Gasteiger partial charge on any atom is -0.371 e. The van der Waals surface area contributed by atoms with Gasteiger partial charge in [0.2, 0.25) is 0 Å². The largest absolute Gasteiger partial charge is 0.371 e. The van der Waals surface area contributed by atoms with Crippen molar-refractivity contribution < 1.29 is 4.92 Å². The quantitative estimate of drug-likeness (QED) is 0.520.